The van der Waals surface area contributed by atoms with Gasteiger partial charge in [-0.2, -0.15) is 0 Å². The van der Waals surface area contributed by atoms with E-state index in [0.717, 1.165) is 60.6 Å². The van der Waals surface area contributed by atoms with Crippen molar-refractivity contribution < 1.29 is 0 Å². The fraction of sp³-hybridized carbons (Fsp3) is 0.400. The number of aromatic nitrogens is 5. The van der Waals surface area contributed by atoms with Gasteiger partial charge in [-0.05, 0) is 18.6 Å². The molecule has 28 heavy (non-hydrogen) atoms. The van der Waals surface area contributed by atoms with Crippen LogP contribution in [0.3, 0.4) is 0 Å². The van der Waals surface area contributed by atoms with Gasteiger partial charge in [-0.15, -0.1) is 0 Å². The van der Waals surface area contributed by atoms with E-state index in [2.05, 4.69) is 36.7 Å². The molecular weight excluding hydrogens is 376 g/mol. The van der Waals surface area contributed by atoms with Crippen LogP contribution in [0.2, 0.25) is 5.15 Å². The number of H-pyrrole nitrogens is 2. The minimum Gasteiger partial charge on any atom is -0.344 e. The molecule has 4 heterocycles. The summed E-state index contributed by atoms with van der Waals surface area (Å²) in [5.41, 5.74) is 3.22. The van der Waals surface area contributed by atoms with Crippen LogP contribution in [-0.2, 0) is 25.9 Å². The molecule has 3 aromatic heterocycles. The Kier molecular flexibility index (Phi) is 5.54. The first-order chi connectivity index (χ1) is 13.6. The van der Waals surface area contributed by atoms with Crippen LogP contribution in [0.25, 0.3) is 11.4 Å². The van der Waals surface area contributed by atoms with Crippen LogP contribution in [0.4, 0.5) is 0 Å². The molecule has 3 aromatic rings. The van der Waals surface area contributed by atoms with E-state index < -0.39 is 0 Å². The average Bonchev–Trinajstić information content (AvgIpc) is 3.06. The molecule has 0 bridgehead atoms. The van der Waals surface area contributed by atoms with Crippen LogP contribution in [0.5, 0.6) is 0 Å². The molecule has 1 aliphatic rings. The maximum Gasteiger partial charge on any atom is 0.255 e. The van der Waals surface area contributed by atoms with Crippen molar-refractivity contribution in [1.29, 1.82) is 0 Å². The van der Waals surface area contributed by atoms with Crippen molar-refractivity contribution in [2.24, 2.45) is 0 Å². The van der Waals surface area contributed by atoms with Crippen LogP contribution < -0.4 is 5.56 Å². The molecule has 0 fully saturated rings. The van der Waals surface area contributed by atoms with Gasteiger partial charge in [0.05, 0.1) is 17.0 Å². The third-order valence-electron chi connectivity index (χ3n) is 5.01. The molecule has 7 nitrogen and oxygen atoms in total. The predicted molar refractivity (Wildman–Crippen MR) is 108 cm³/mol. The summed E-state index contributed by atoms with van der Waals surface area (Å²) < 4.78 is 0. The lowest BCUT2D eigenvalue weighted by Gasteiger charge is -2.27. The maximum atomic E-state index is 12.7. The summed E-state index contributed by atoms with van der Waals surface area (Å²) in [6.45, 7) is 4.16. The van der Waals surface area contributed by atoms with Crippen molar-refractivity contribution in [3.63, 3.8) is 0 Å². The van der Waals surface area contributed by atoms with E-state index in [-0.39, 0.29) is 5.56 Å². The van der Waals surface area contributed by atoms with Gasteiger partial charge in [0.2, 0.25) is 0 Å². The Morgan fingerprint density at radius 2 is 2.18 bits per heavy atom. The van der Waals surface area contributed by atoms with Crippen molar-refractivity contribution in [2.45, 2.75) is 45.7 Å². The van der Waals surface area contributed by atoms with E-state index in [9.17, 15) is 4.79 Å². The molecule has 1 aliphatic heterocycles. The zero-order valence-corrected chi connectivity index (χ0v) is 16.6. The molecule has 0 spiro atoms. The third-order valence-corrected chi connectivity index (χ3v) is 5.32. The molecule has 0 amide bonds. The minimum absolute atomic E-state index is 0.0899. The lowest BCUT2D eigenvalue weighted by Crippen LogP contribution is -2.35. The molecule has 0 aromatic carbocycles. The van der Waals surface area contributed by atoms with Crippen LogP contribution in [-0.4, -0.2) is 36.4 Å². The van der Waals surface area contributed by atoms with Crippen LogP contribution in [0, 0.1) is 0 Å². The fourth-order valence-electron chi connectivity index (χ4n) is 3.49. The second kappa shape index (κ2) is 8.24. The number of pyridine rings is 1. The maximum absolute atomic E-state index is 12.7. The first-order valence-electron chi connectivity index (χ1n) is 9.62. The van der Waals surface area contributed by atoms with Crippen molar-refractivity contribution in [3.05, 3.63) is 62.8 Å². The van der Waals surface area contributed by atoms with Gasteiger partial charge in [-0.3, -0.25) is 14.7 Å². The second-order valence-corrected chi connectivity index (χ2v) is 7.46. The Morgan fingerprint density at radius 3 is 2.96 bits per heavy atom. The number of fused-ring (bicyclic) bond motifs is 1. The topological polar surface area (TPSA) is 90.6 Å². The highest BCUT2D eigenvalue weighted by Gasteiger charge is 2.23. The Balaban J connectivity index is 1.51. The number of imidazole rings is 1. The first kappa shape index (κ1) is 18.8. The van der Waals surface area contributed by atoms with E-state index in [0.29, 0.717) is 24.1 Å². The van der Waals surface area contributed by atoms with Gasteiger partial charge in [0.1, 0.15) is 11.6 Å². The number of nitrogens with one attached hydrogen (secondary N) is 2. The zero-order valence-electron chi connectivity index (χ0n) is 15.8. The predicted octanol–water partition coefficient (Wildman–Crippen LogP) is 3.11. The summed E-state index contributed by atoms with van der Waals surface area (Å²) in [5.74, 6) is 1.50. The number of rotatable bonds is 6. The quantitative estimate of drug-likeness (QED) is 0.665. The first-order valence-corrected chi connectivity index (χ1v) is 10.00. The van der Waals surface area contributed by atoms with Gasteiger partial charge in [0, 0.05) is 50.4 Å². The van der Waals surface area contributed by atoms with E-state index in [1.165, 1.54) is 0 Å². The Hall–Kier alpha value is -2.51. The molecule has 2 N–H and O–H groups in total. The van der Waals surface area contributed by atoms with E-state index >= 15 is 0 Å². The standard InChI is InChI=1S/C20H23ClN6O/c1-2-3-6-17-23-16(18(21)25-17)12-27-9-7-15-14(11-27)20(28)26-19(24-15)13-5-4-8-22-10-13/h4-5,8,10H,2-3,6-7,9,11-12H2,1H3,(H,23,25)(H,24,26,28). The highest BCUT2D eigenvalue weighted by atomic mass is 35.5. The molecule has 0 atom stereocenters. The summed E-state index contributed by atoms with van der Waals surface area (Å²) in [6, 6.07) is 3.72. The average molecular weight is 399 g/mol. The van der Waals surface area contributed by atoms with Crippen molar-refractivity contribution in [1.82, 2.24) is 29.8 Å². The molecule has 0 unspecified atom stereocenters. The van der Waals surface area contributed by atoms with Gasteiger partial charge in [0.15, 0.2) is 5.15 Å². The van der Waals surface area contributed by atoms with Crippen LogP contribution >= 0.6 is 11.6 Å². The monoisotopic (exact) mass is 398 g/mol. The van der Waals surface area contributed by atoms with E-state index in [1.807, 2.05) is 12.1 Å². The van der Waals surface area contributed by atoms with Crippen molar-refractivity contribution in [3.8, 4) is 11.4 Å². The lowest BCUT2D eigenvalue weighted by molar-refractivity contribution is 0.239. The van der Waals surface area contributed by atoms with Gasteiger partial charge in [-0.25, -0.2) is 9.97 Å². The van der Waals surface area contributed by atoms with Crippen molar-refractivity contribution in [2.75, 3.05) is 6.54 Å². The summed E-state index contributed by atoms with van der Waals surface area (Å²) >= 11 is 6.31. The van der Waals surface area contributed by atoms with Gasteiger partial charge in [-0.1, -0.05) is 24.9 Å². The molecule has 0 aliphatic carbocycles. The summed E-state index contributed by atoms with van der Waals surface area (Å²) in [7, 11) is 0. The number of unbranched alkanes of at least 4 members (excludes halogenated alkanes) is 1. The minimum atomic E-state index is -0.0899. The Labute approximate surface area is 168 Å². The van der Waals surface area contributed by atoms with E-state index in [1.54, 1.807) is 12.4 Å². The fourth-order valence-corrected chi connectivity index (χ4v) is 3.70. The third kappa shape index (κ3) is 4.00. The zero-order chi connectivity index (χ0) is 19.5. The number of hydrogen-bond acceptors (Lipinski definition) is 5. The Morgan fingerprint density at radius 1 is 1.29 bits per heavy atom. The van der Waals surface area contributed by atoms with Gasteiger partial charge < -0.3 is 9.97 Å². The number of nitrogens with zero attached hydrogens (tertiary/aromatic N) is 4. The molecule has 0 saturated carbocycles. The Bertz CT molecular complexity index is 1010. The second-order valence-electron chi connectivity index (χ2n) is 7.10. The molecule has 4 rings (SSSR count). The lowest BCUT2D eigenvalue weighted by atomic mass is 10.1. The molecular formula is C20H23ClN6O. The van der Waals surface area contributed by atoms with Crippen molar-refractivity contribution >= 4 is 11.6 Å². The summed E-state index contributed by atoms with van der Waals surface area (Å²) in [5, 5.41) is 0.524. The largest absolute Gasteiger partial charge is 0.344 e. The highest BCUT2D eigenvalue weighted by Crippen LogP contribution is 2.22. The normalized spacial score (nSPS) is 14.2. The SMILES string of the molecule is CCCCc1nc(Cl)c(CN2CCc3nc(-c4cccnc4)[nH]c(=O)c3C2)[nH]1. The summed E-state index contributed by atoms with van der Waals surface area (Å²) in [4.78, 5) is 34.3. The van der Waals surface area contributed by atoms with E-state index in [4.69, 9.17) is 11.6 Å². The number of aromatic amines is 2. The number of hydrogen-bond donors (Lipinski definition) is 2. The van der Waals surface area contributed by atoms with Crippen LogP contribution in [0.1, 0.15) is 42.5 Å². The highest BCUT2D eigenvalue weighted by molar-refractivity contribution is 6.30. The molecule has 8 heteroatoms. The summed E-state index contributed by atoms with van der Waals surface area (Å²) in [6.07, 6.45) is 7.23. The smallest absolute Gasteiger partial charge is 0.255 e. The van der Waals surface area contributed by atoms with Crippen LogP contribution in [0.15, 0.2) is 29.3 Å². The van der Waals surface area contributed by atoms with Gasteiger partial charge >= 0.3 is 0 Å². The number of aryl methyl sites for hydroxylation is 1. The molecule has 0 radical (unpaired) electrons. The van der Waals surface area contributed by atoms with Gasteiger partial charge in [0.25, 0.3) is 5.56 Å². The molecule has 0 saturated heterocycles. The number of halogens is 1. The molecule has 146 valence electrons.